The van der Waals surface area contributed by atoms with E-state index in [0.717, 1.165) is 38.5 Å². The van der Waals surface area contributed by atoms with Gasteiger partial charge in [0.1, 0.15) is 12.1 Å². The number of methoxy groups -OCH3 is 1. The first-order chi connectivity index (χ1) is 21.2. The maximum atomic E-state index is 14.6. The van der Waals surface area contributed by atoms with Crippen LogP contribution in [0.15, 0.2) is 12.7 Å². The van der Waals surface area contributed by atoms with E-state index in [1.165, 1.54) is 6.08 Å². The van der Waals surface area contributed by atoms with E-state index >= 15 is 0 Å². The van der Waals surface area contributed by atoms with Gasteiger partial charge >= 0.3 is 6.03 Å². The molecule has 3 fully saturated rings. The lowest BCUT2D eigenvalue weighted by Gasteiger charge is -2.43. The number of piperidine rings is 1. The Balaban J connectivity index is 1.88. The topological polar surface area (TPSA) is 146 Å². The second-order valence-electron chi connectivity index (χ2n) is 14.5. The fraction of sp³-hybridized carbons (Fsp3) is 0.794. The molecule has 0 bridgehead atoms. The number of hydrogen-bond donors (Lipinski definition) is 4. The second-order valence-corrected chi connectivity index (χ2v) is 14.5. The normalized spacial score (nSPS) is 24.9. The summed E-state index contributed by atoms with van der Waals surface area (Å²) in [4.78, 5) is 69.3. The van der Waals surface area contributed by atoms with Crippen LogP contribution in [0.3, 0.4) is 0 Å². The zero-order valence-electron chi connectivity index (χ0n) is 28.5. The van der Waals surface area contributed by atoms with Crippen LogP contribution in [-0.2, 0) is 23.9 Å². The predicted octanol–water partition coefficient (Wildman–Crippen LogP) is 3.32. The first-order valence-corrected chi connectivity index (χ1v) is 16.8. The van der Waals surface area contributed by atoms with E-state index in [-0.39, 0.29) is 41.7 Å². The molecule has 11 nitrogen and oxygen atoms in total. The first-order valence-electron chi connectivity index (χ1n) is 16.8. The van der Waals surface area contributed by atoms with Crippen LogP contribution in [-0.4, -0.2) is 85.4 Å². The average Bonchev–Trinajstić information content (AvgIpc) is 3.30. The molecule has 4 N–H and O–H groups in total. The molecule has 2 saturated carbocycles. The van der Waals surface area contributed by atoms with E-state index in [4.69, 9.17) is 4.74 Å². The van der Waals surface area contributed by atoms with Crippen molar-refractivity contribution in [1.29, 1.82) is 0 Å². The highest BCUT2D eigenvalue weighted by Gasteiger charge is 2.70. The summed E-state index contributed by atoms with van der Waals surface area (Å²) < 4.78 is 5.30. The number of likely N-dealkylation sites (tertiary alicyclic amines) is 1. The van der Waals surface area contributed by atoms with Gasteiger partial charge in [0, 0.05) is 20.2 Å². The maximum absolute atomic E-state index is 14.6. The van der Waals surface area contributed by atoms with Gasteiger partial charge in [0.25, 0.3) is 5.91 Å². The van der Waals surface area contributed by atoms with Crippen molar-refractivity contribution in [3.63, 3.8) is 0 Å². The van der Waals surface area contributed by atoms with Crippen molar-refractivity contribution in [3.05, 3.63) is 12.7 Å². The van der Waals surface area contributed by atoms with Crippen LogP contribution in [0, 0.1) is 28.6 Å². The van der Waals surface area contributed by atoms with Crippen LogP contribution in [0.1, 0.15) is 92.9 Å². The van der Waals surface area contributed by atoms with Crippen LogP contribution in [0.25, 0.3) is 0 Å². The molecule has 3 unspecified atom stereocenters. The van der Waals surface area contributed by atoms with Crippen molar-refractivity contribution in [2.45, 2.75) is 117 Å². The van der Waals surface area contributed by atoms with E-state index in [2.05, 4.69) is 48.6 Å². The Morgan fingerprint density at radius 2 is 1.69 bits per heavy atom. The third-order valence-corrected chi connectivity index (χ3v) is 10.6. The molecule has 0 aromatic carbocycles. The van der Waals surface area contributed by atoms with E-state index < -0.39 is 47.2 Å². The molecule has 6 atom stereocenters. The minimum absolute atomic E-state index is 0.0846. The Bertz CT molecular complexity index is 1100. The van der Waals surface area contributed by atoms with Gasteiger partial charge in [-0.15, -0.1) is 6.58 Å². The molecule has 3 aliphatic rings. The van der Waals surface area contributed by atoms with Gasteiger partial charge in [-0.25, -0.2) is 4.79 Å². The van der Waals surface area contributed by atoms with Crippen LogP contribution >= 0.6 is 0 Å². The summed E-state index contributed by atoms with van der Waals surface area (Å²) in [5.74, 6) is -2.01. The lowest BCUT2D eigenvalue weighted by atomic mass is 9.70. The third kappa shape index (κ3) is 8.45. The molecule has 0 aromatic rings. The van der Waals surface area contributed by atoms with Crippen molar-refractivity contribution < 1.29 is 28.7 Å². The molecule has 45 heavy (non-hydrogen) atoms. The number of fused-ring (bicyclic) bond motifs is 1. The fourth-order valence-corrected chi connectivity index (χ4v) is 7.43. The number of hydrogen-bond acceptors (Lipinski definition) is 6. The number of unbranched alkanes of at least 4 members (excludes halogenated alkanes) is 1. The van der Waals surface area contributed by atoms with Crippen molar-refractivity contribution in [2.24, 2.45) is 28.6 Å². The van der Waals surface area contributed by atoms with Crippen LogP contribution in [0.2, 0.25) is 0 Å². The standard InChI is InChI=1S/C34H57N5O6/c1-9-11-15-23(27(40)30(42)35-18-10-2)36-29(41)26-25-22(33(25,5)6)19-39(26)31(43)28(34(7)16-13-12-14-17-34)38-32(44)37-24(20-45-8)21(3)4/h10,21-26,28H,2,9,11-20H2,1,3-8H3,(H,35,42)(H,36,41)(H2,37,38,44)/t22?,23?,24-,25+,26?,28-/m1/s1. The summed E-state index contributed by atoms with van der Waals surface area (Å²) >= 11 is 0. The number of nitrogens with one attached hydrogen (secondary N) is 4. The molecule has 0 aromatic heterocycles. The summed E-state index contributed by atoms with van der Waals surface area (Å²) in [6.45, 7) is 16.7. The zero-order valence-corrected chi connectivity index (χ0v) is 28.5. The molecule has 1 aliphatic heterocycles. The molecule has 1 saturated heterocycles. The molecule has 5 amide bonds. The Kier molecular flexibility index (Phi) is 12.6. The molecule has 0 radical (unpaired) electrons. The first kappa shape index (κ1) is 36.5. The molecular weight excluding hydrogens is 574 g/mol. The van der Waals surface area contributed by atoms with E-state index in [9.17, 15) is 24.0 Å². The molecule has 0 spiro atoms. The molecule has 11 heteroatoms. The largest absolute Gasteiger partial charge is 0.383 e. The number of amides is 5. The molecule has 1 heterocycles. The summed E-state index contributed by atoms with van der Waals surface area (Å²) in [7, 11) is 1.59. The van der Waals surface area contributed by atoms with E-state index in [1.54, 1.807) is 12.0 Å². The number of urea groups is 1. The molecular formula is C34H57N5O6. The van der Waals surface area contributed by atoms with Gasteiger partial charge < -0.3 is 30.9 Å². The summed E-state index contributed by atoms with van der Waals surface area (Å²) in [5.41, 5.74) is -0.629. The lowest BCUT2D eigenvalue weighted by Crippen LogP contribution is -2.63. The van der Waals surface area contributed by atoms with Crippen molar-refractivity contribution in [1.82, 2.24) is 26.2 Å². The SMILES string of the molecule is C=CCNC(=O)C(=O)C(CCCC)NC(=O)C1[C@@H]2C(CN1C(=O)[C@@H](NC(=O)N[C@H](COC)C(C)C)C1(C)CCCCC1)C2(C)C. The van der Waals surface area contributed by atoms with Gasteiger partial charge in [-0.1, -0.05) is 79.7 Å². The number of nitrogens with zero attached hydrogens (tertiary/aromatic N) is 1. The number of ether oxygens (including phenoxy) is 1. The Labute approximate surface area is 269 Å². The Morgan fingerprint density at radius 3 is 2.27 bits per heavy atom. The number of Topliss-reactive ketones (excluding diaryl/α,β-unsaturated/α-hetero) is 1. The third-order valence-electron chi connectivity index (χ3n) is 10.6. The lowest BCUT2D eigenvalue weighted by molar-refractivity contribution is -0.146. The van der Waals surface area contributed by atoms with Crippen molar-refractivity contribution >= 4 is 29.5 Å². The zero-order chi connectivity index (χ0) is 33.5. The summed E-state index contributed by atoms with van der Waals surface area (Å²) in [6.07, 6.45) is 7.80. The van der Waals surface area contributed by atoms with Gasteiger partial charge in [0.15, 0.2) is 0 Å². The predicted molar refractivity (Wildman–Crippen MR) is 173 cm³/mol. The monoisotopic (exact) mass is 631 g/mol. The average molecular weight is 632 g/mol. The second kappa shape index (κ2) is 15.6. The van der Waals surface area contributed by atoms with E-state index in [1.807, 2.05) is 20.8 Å². The summed E-state index contributed by atoms with van der Waals surface area (Å²) in [6, 6.07) is -3.29. The molecule has 254 valence electrons. The van der Waals surface area contributed by atoms with Crippen LogP contribution in [0.4, 0.5) is 4.79 Å². The smallest absolute Gasteiger partial charge is 0.315 e. The molecule has 2 aliphatic carbocycles. The fourth-order valence-electron chi connectivity index (χ4n) is 7.43. The Morgan fingerprint density at radius 1 is 1.02 bits per heavy atom. The quantitative estimate of drug-likeness (QED) is 0.152. The van der Waals surface area contributed by atoms with Gasteiger partial charge in [-0.2, -0.15) is 0 Å². The van der Waals surface area contributed by atoms with E-state index in [0.29, 0.717) is 26.0 Å². The highest BCUT2D eigenvalue weighted by atomic mass is 16.5. The van der Waals surface area contributed by atoms with Gasteiger partial charge in [-0.3, -0.25) is 19.2 Å². The van der Waals surface area contributed by atoms with Gasteiger partial charge in [0.2, 0.25) is 17.6 Å². The van der Waals surface area contributed by atoms with Gasteiger partial charge in [-0.05, 0) is 47.8 Å². The Hall–Kier alpha value is -2.95. The van der Waals surface area contributed by atoms with Crippen molar-refractivity contribution in [2.75, 3.05) is 26.8 Å². The van der Waals surface area contributed by atoms with Crippen molar-refractivity contribution in [3.8, 4) is 0 Å². The van der Waals surface area contributed by atoms with Crippen LogP contribution < -0.4 is 21.3 Å². The number of carbonyl (C=O) groups excluding carboxylic acids is 5. The summed E-state index contributed by atoms with van der Waals surface area (Å²) in [5, 5.41) is 11.4. The number of rotatable bonds is 16. The minimum atomic E-state index is -0.996. The highest BCUT2D eigenvalue weighted by molar-refractivity contribution is 6.38. The van der Waals surface area contributed by atoms with Crippen LogP contribution in [0.5, 0.6) is 0 Å². The minimum Gasteiger partial charge on any atom is -0.383 e. The number of carbonyl (C=O) groups is 5. The van der Waals surface area contributed by atoms with Gasteiger partial charge in [0.05, 0.1) is 18.7 Å². The highest BCUT2D eigenvalue weighted by Crippen LogP contribution is 2.65. The maximum Gasteiger partial charge on any atom is 0.315 e. The number of ketones is 1. The molecule has 3 rings (SSSR count).